The van der Waals surface area contributed by atoms with Gasteiger partial charge < -0.3 is 9.47 Å². The molecule has 1 atom stereocenters. The molecule has 2 aromatic heterocycles. The third-order valence-corrected chi connectivity index (χ3v) is 5.07. The molecule has 3 heterocycles. The van der Waals surface area contributed by atoms with Crippen molar-refractivity contribution in [3.63, 3.8) is 0 Å². The van der Waals surface area contributed by atoms with Crippen LogP contribution >= 0.6 is 11.3 Å². The number of hydrogen-bond donors (Lipinski definition) is 0. The van der Waals surface area contributed by atoms with E-state index in [1.54, 1.807) is 0 Å². The van der Waals surface area contributed by atoms with Crippen LogP contribution in [-0.4, -0.2) is 38.9 Å². The normalized spacial score (nSPS) is 17.6. The molecule has 0 fully saturated rings. The van der Waals surface area contributed by atoms with E-state index in [1.165, 1.54) is 11.3 Å². The Balaban J connectivity index is 1.65. The molecule has 6 heteroatoms. The Morgan fingerprint density at radius 2 is 2.33 bits per heavy atom. The molecule has 0 unspecified atom stereocenters. The van der Waals surface area contributed by atoms with Gasteiger partial charge in [-0.25, -0.2) is 9.97 Å². The van der Waals surface area contributed by atoms with Gasteiger partial charge in [-0.05, 0) is 26.2 Å². The molecular formula is C15H20N4OS. The third-order valence-electron chi connectivity index (χ3n) is 4.01. The summed E-state index contributed by atoms with van der Waals surface area (Å²) in [4.78, 5) is 23.8. The van der Waals surface area contributed by atoms with Gasteiger partial charge in [-0.2, -0.15) is 0 Å². The van der Waals surface area contributed by atoms with Gasteiger partial charge in [0.05, 0.1) is 10.7 Å². The van der Waals surface area contributed by atoms with E-state index in [0.717, 1.165) is 47.3 Å². The molecule has 5 nitrogen and oxygen atoms in total. The quantitative estimate of drug-likeness (QED) is 0.874. The predicted molar refractivity (Wildman–Crippen MR) is 82.6 cm³/mol. The summed E-state index contributed by atoms with van der Waals surface area (Å²) in [5.74, 6) is 1.75. The zero-order chi connectivity index (χ0) is 15.0. The number of amides is 1. The van der Waals surface area contributed by atoms with Gasteiger partial charge in [0.1, 0.15) is 10.7 Å². The summed E-state index contributed by atoms with van der Waals surface area (Å²) in [5.41, 5.74) is 0.842. The smallest absolute Gasteiger partial charge is 0.265 e. The fraction of sp³-hybridized carbons (Fsp3) is 0.533. The molecule has 0 bridgehead atoms. The summed E-state index contributed by atoms with van der Waals surface area (Å²) in [6.45, 7) is 5.58. The Morgan fingerprint density at radius 1 is 1.52 bits per heavy atom. The molecule has 0 saturated carbocycles. The molecule has 1 amide bonds. The van der Waals surface area contributed by atoms with Gasteiger partial charge in [0, 0.05) is 39.0 Å². The molecule has 0 radical (unpaired) electrons. The van der Waals surface area contributed by atoms with Crippen molar-refractivity contribution in [2.24, 2.45) is 5.92 Å². The van der Waals surface area contributed by atoms with E-state index in [2.05, 4.69) is 14.5 Å². The molecule has 3 rings (SSSR count). The van der Waals surface area contributed by atoms with Crippen LogP contribution in [0.15, 0.2) is 12.4 Å². The maximum absolute atomic E-state index is 12.5. The lowest BCUT2D eigenvalue weighted by Crippen LogP contribution is -2.35. The minimum Gasteiger partial charge on any atom is -0.341 e. The van der Waals surface area contributed by atoms with Crippen LogP contribution < -0.4 is 0 Å². The summed E-state index contributed by atoms with van der Waals surface area (Å²) < 4.78 is 2.20. The lowest BCUT2D eigenvalue weighted by molar-refractivity contribution is 0.0764. The van der Waals surface area contributed by atoms with Crippen molar-refractivity contribution in [2.45, 2.75) is 33.2 Å². The van der Waals surface area contributed by atoms with Crippen molar-refractivity contribution in [3.8, 4) is 0 Å². The van der Waals surface area contributed by atoms with Crippen molar-refractivity contribution < 1.29 is 4.79 Å². The second kappa shape index (κ2) is 5.60. The Labute approximate surface area is 128 Å². The van der Waals surface area contributed by atoms with E-state index in [0.29, 0.717) is 5.92 Å². The van der Waals surface area contributed by atoms with Crippen molar-refractivity contribution in [1.82, 2.24) is 19.4 Å². The fourth-order valence-corrected chi connectivity index (χ4v) is 3.87. The van der Waals surface area contributed by atoms with Gasteiger partial charge in [-0.1, -0.05) is 0 Å². The average Bonchev–Trinajstić information content (AvgIpc) is 3.03. The fourth-order valence-electron chi connectivity index (χ4n) is 2.96. The molecule has 21 heavy (non-hydrogen) atoms. The van der Waals surface area contributed by atoms with E-state index in [1.807, 2.05) is 38.2 Å². The van der Waals surface area contributed by atoms with E-state index in [-0.39, 0.29) is 5.91 Å². The highest BCUT2D eigenvalue weighted by Crippen LogP contribution is 2.22. The summed E-state index contributed by atoms with van der Waals surface area (Å²) in [5, 5.41) is 0.949. The van der Waals surface area contributed by atoms with Crippen LogP contribution in [0.4, 0.5) is 0 Å². The number of imidazole rings is 1. The number of hydrogen-bond acceptors (Lipinski definition) is 4. The number of rotatable bonds is 3. The molecule has 112 valence electrons. The number of thiazole rings is 1. The number of nitrogens with zero attached hydrogens (tertiary/aromatic N) is 4. The molecule has 1 aliphatic heterocycles. The zero-order valence-electron chi connectivity index (χ0n) is 12.7. The first-order valence-corrected chi connectivity index (χ1v) is 8.05. The Morgan fingerprint density at radius 3 is 3.05 bits per heavy atom. The van der Waals surface area contributed by atoms with Gasteiger partial charge in [0.25, 0.3) is 5.91 Å². The Kier molecular flexibility index (Phi) is 3.80. The molecule has 0 saturated heterocycles. The van der Waals surface area contributed by atoms with Crippen molar-refractivity contribution >= 4 is 17.2 Å². The Bertz CT molecular complexity index is 660. The van der Waals surface area contributed by atoms with Gasteiger partial charge in [0.2, 0.25) is 0 Å². The lowest BCUT2D eigenvalue weighted by Gasteiger charge is -2.28. The van der Waals surface area contributed by atoms with E-state index < -0.39 is 0 Å². The minimum atomic E-state index is 0.0922. The maximum atomic E-state index is 12.5. The van der Waals surface area contributed by atoms with E-state index in [9.17, 15) is 4.79 Å². The van der Waals surface area contributed by atoms with Crippen LogP contribution in [0.1, 0.15) is 32.6 Å². The lowest BCUT2D eigenvalue weighted by atomic mass is 9.99. The highest BCUT2D eigenvalue weighted by molar-refractivity contribution is 7.13. The summed E-state index contributed by atoms with van der Waals surface area (Å²) in [7, 11) is 1.89. The standard InChI is InChI=1S/C15H20N4OS/c1-10-14(21-11(2)17-10)15(20)18(3)8-12-4-5-13-16-6-7-19(13)9-12/h6-7,12H,4-5,8-9H2,1-3H3/t12-/m0/s1. The molecule has 1 aliphatic rings. The van der Waals surface area contributed by atoms with Crippen molar-refractivity contribution in [3.05, 3.63) is 33.8 Å². The van der Waals surface area contributed by atoms with E-state index >= 15 is 0 Å². The summed E-state index contributed by atoms with van der Waals surface area (Å²) >= 11 is 1.49. The molecule has 0 aromatic carbocycles. The SMILES string of the molecule is Cc1nc(C)c(C(=O)N(C)C[C@@H]2CCc3nccn3C2)s1. The molecule has 0 aliphatic carbocycles. The second-order valence-corrected chi connectivity index (χ2v) is 6.94. The van der Waals surface area contributed by atoms with Gasteiger partial charge in [-0.15, -0.1) is 11.3 Å². The third kappa shape index (κ3) is 2.85. The van der Waals surface area contributed by atoms with Gasteiger partial charge in [0.15, 0.2) is 0 Å². The summed E-state index contributed by atoms with van der Waals surface area (Å²) in [6, 6.07) is 0. The molecule has 2 aromatic rings. The second-order valence-electron chi connectivity index (χ2n) is 5.73. The van der Waals surface area contributed by atoms with Crippen LogP contribution in [0.5, 0.6) is 0 Å². The highest BCUT2D eigenvalue weighted by Gasteiger charge is 2.24. The largest absolute Gasteiger partial charge is 0.341 e. The first-order valence-electron chi connectivity index (χ1n) is 7.24. The molecular weight excluding hydrogens is 284 g/mol. The van der Waals surface area contributed by atoms with Crippen LogP contribution in [0.3, 0.4) is 0 Å². The topological polar surface area (TPSA) is 51.0 Å². The maximum Gasteiger partial charge on any atom is 0.265 e. The average molecular weight is 304 g/mol. The number of aromatic nitrogens is 3. The number of fused-ring (bicyclic) bond motifs is 1. The van der Waals surface area contributed by atoms with Crippen molar-refractivity contribution in [1.29, 1.82) is 0 Å². The molecule has 0 spiro atoms. The first kappa shape index (κ1) is 14.3. The van der Waals surface area contributed by atoms with Crippen LogP contribution in [-0.2, 0) is 13.0 Å². The summed E-state index contributed by atoms with van der Waals surface area (Å²) in [6.07, 6.45) is 5.98. The monoisotopic (exact) mass is 304 g/mol. The van der Waals surface area contributed by atoms with Crippen LogP contribution in [0, 0.1) is 19.8 Å². The first-order chi connectivity index (χ1) is 10.0. The molecule has 0 N–H and O–H groups in total. The number of carbonyl (C=O) groups excluding carboxylic acids is 1. The van der Waals surface area contributed by atoms with E-state index in [4.69, 9.17) is 0 Å². The Hall–Kier alpha value is -1.69. The number of carbonyl (C=O) groups is 1. The van der Waals surface area contributed by atoms with Gasteiger partial charge >= 0.3 is 0 Å². The predicted octanol–water partition coefficient (Wildman–Crippen LogP) is 2.29. The van der Waals surface area contributed by atoms with Crippen LogP contribution in [0.2, 0.25) is 0 Å². The minimum absolute atomic E-state index is 0.0922. The van der Waals surface area contributed by atoms with Crippen molar-refractivity contribution in [2.75, 3.05) is 13.6 Å². The zero-order valence-corrected chi connectivity index (χ0v) is 13.5. The number of aryl methyl sites for hydroxylation is 3. The van der Waals surface area contributed by atoms with Crippen LogP contribution in [0.25, 0.3) is 0 Å². The highest BCUT2D eigenvalue weighted by atomic mass is 32.1. The van der Waals surface area contributed by atoms with Gasteiger partial charge in [-0.3, -0.25) is 4.79 Å².